The third-order valence-corrected chi connectivity index (χ3v) is 3.23. The summed E-state index contributed by atoms with van der Waals surface area (Å²) in [4.78, 5) is 1.62. The molecule has 0 unspecified atom stereocenters. The van der Waals surface area contributed by atoms with Crippen LogP contribution in [0.3, 0.4) is 0 Å². The van der Waals surface area contributed by atoms with Gasteiger partial charge in [0.15, 0.2) is 0 Å². The van der Waals surface area contributed by atoms with Crippen LogP contribution in [-0.2, 0) is 0 Å². The van der Waals surface area contributed by atoms with Crippen molar-refractivity contribution in [1.82, 2.24) is 15.0 Å². The zero-order chi connectivity index (χ0) is 14.1. The number of hydrogen-bond donors (Lipinski definition) is 1. The lowest BCUT2D eigenvalue weighted by Crippen LogP contribution is -1.99. The number of aromatic nitrogens is 3. The molecule has 0 bridgehead atoms. The van der Waals surface area contributed by atoms with E-state index < -0.39 is 0 Å². The number of anilines is 1. The van der Waals surface area contributed by atoms with Gasteiger partial charge < -0.3 is 10.5 Å². The van der Waals surface area contributed by atoms with E-state index in [4.69, 9.17) is 10.5 Å². The number of aryl methyl sites for hydroxylation is 1. The van der Waals surface area contributed by atoms with Gasteiger partial charge in [0.1, 0.15) is 16.8 Å². The summed E-state index contributed by atoms with van der Waals surface area (Å²) in [6, 6.07) is 11.4. The lowest BCUT2D eigenvalue weighted by atomic mass is 10.2. The highest BCUT2D eigenvalue weighted by atomic mass is 16.5. The van der Waals surface area contributed by atoms with Crippen molar-refractivity contribution in [3.05, 3.63) is 42.0 Å². The van der Waals surface area contributed by atoms with E-state index in [1.807, 2.05) is 50.2 Å². The van der Waals surface area contributed by atoms with E-state index in [1.54, 1.807) is 4.80 Å². The Balaban J connectivity index is 2.03. The SMILES string of the molecule is CCOc1ccc(-n2nc3ccc(N)c(C)c3n2)cc1. The first-order valence-electron chi connectivity index (χ1n) is 6.54. The zero-order valence-corrected chi connectivity index (χ0v) is 11.5. The van der Waals surface area contributed by atoms with Crippen molar-refractivity contribution in [3.8, 4) is 11.4 Å². The van der Waals surface area contributed by atoms with Crippen molar-refractivity contribution in [2.45, 2.75) is 13.8 Å². The topological polar surface area (TPSA) is 66.0 Å². The number of rotatable bonds is 3. The number of benzene rings is 2. The Morgan fingerprint density at radius 3 is 2.55 bits per heavy atom. The Morgan fingerprint density at radius 1 is 1.10 bits per heavy atom. The van der Waals surface area contributed by atoms with Gasteiger partial charge in [0, 0.05) is 11.3 Å². The standard InChI is InChI=1S/C15H16N4O/c1-3-20-12-6-4-11(5-7-12)19-17-14-9-8-13(16)10(2)15(14)18-19/h4-9H,3,16H2,1-2H3. The Kier molecular flexibility index (Phi) is 3.02. The molecular weight excluding hydrogens is 252 g/mol. The fourth-order valence-electron chi connectivity index (χ4n) is 2.09. The van der Waals surface area contributed by atoms with Crippen molar-refractivity contribution in [1.29, 1.82) is 0 Å². The fourth-order valence-corrected chi connectivity index (χ4v) is 2.09. The second kappa shape index (κ2) is 4.85. The first-order chi connectivity index (χ1) is 9.69. The second-order valence-corrected chi connectivity index (χ2v) is 4.56. The Bertz CT molecular complexity index is 746. The molecule has 3 rings (SSSR count). The molecule has 1 heterocycles. The summed E-state index contributed by atoms with van der Waals surface area (Å²) in [6.07, 6.45) is 0. The monoisotopic (exact) mass is 268 g/mol. The summed E-state index contributed by atoms with van der Waals surface area (Å²) in [5.41, 5.74) is 10.1. The number of nitrogen functional groups attached to an aromatic ring is 1. The number of ether oxygens (including phenoxy) is 1. The smallest absolute Gasteiger partial charge is 0.119 e. The Morgan fingerprint density at radius 2 is 1.85 bits per heavy atom. The third kappa shape index (κ3) is 2.07. The van der Waals surface area contributed by atoms with Crippen LogP contribution in [0.1, 0.15) is 12.5 Å². The van der Waals surface area contributed by atoms with Crippen molar-refractivity contribution in [3.63, 3.8) is 0 Å². The molecule has 0 radical (unpaired) electrons. The molecular formula is C15H16N4O. The zero-order valence-electron chi connectivity index (χ0n) is 11.5. The summed E-state index contributed by atoms with van der Waals surface area (Å²) < 4.78 is 5.42. The van der Waals surface area contributed by atoms with Gasteiger partial charge in [0.05, 0.1) is 12.3 Å². The molecule has 0 aliphatic carbocycles. The van der Waals surface area contributed by atoms with E-state index >= 15 is 0 Å². The van der Waals surface area contributed by atoms with Crippen LogP contribution in [0.4, 0.5) is 5.69 Å². The molecule has 0 saturated carbocycles. The lowest BCUT2D eigenvalue weighted by molar-refractivity contribution is 0.340. The minimum atomic E-state index is 0.654. The van der Waals surface area contributed by atoms with Gasteiger partial charge in [-0.2, -0.15) is 4.80 Å². The molecule has 5 heteroatoms. The van der Waals surface area contributed by atoms with E-state index in [0.717, 1.165) is 33.7 Å². The largest absolute Gasteiger partial charge is 0.494 e. The van der Waals surface area contributed by atoms with Crippen LogP contribution < -0.4 is 10.5 Å². The molecule has 0 amide bonds. The van der Waals surface area contributed by atoms with Crippen molar-refractivity contribution >= 4 is 16.7 Å². The van der Waals surface area contributed by atoms with Gasteiger partial charge in [0.25, 0.3) is 0 Å². The number of hydrogen-bond acceptors (Lipinski definition) is 4. The maximum Gasteiger partial charge on any atom is 0.119 e. The number of nitrogens with zero attached hydrogens (tertiary/aromatic N) is 3. The highest BCUT2D eigenvalue weighted by Gasteiger charge is 2.08. The van der Waals surface area contributed by atoms with Crippen LogP contribution >= 0.6 is 0 Å². The minimum absolute atomic E-state index is 0.654. The molecule has 102 valence electrons. The van der Waals surface area contributed by atoms with Gasteiger partial charge in [-0.15, -0.1) is 10.2 Å². The number of fused-ring (bicyclic) bond motifs is 1. The quantitative estimate of drug-likeness (QED) is 0.742. The predicted octanol–water partition coefficient (Wildman–Crippen LogP) is 2.71. The maximum absolute atomic E-state index is 5.89. The molecule has 2 N–H and O–H groups in total. The molecule has 1 aromatic heterocycles. The van der Waals surface area contributed by atoms with E-state index in [2.05, 4.69) is 10.2 Å². The molecule has 0 aliphatic rings. The molecule has 0 saturated heterocycles. The third-order valence-electron chi connectivity index (χ3n) is 3.23. The average Bonchev–Trinajstić information content (AvgIpc) is 2.89. The normalized spacial score (nSPS) is 10.9. The van der Waals surface area contributed by atoms with Crippen LogP contribution in [0.2, 0.25) is 0 Å². The summed E-state index contributed by atoms with van der Waals surface area (Å²) in [5.74, 6) is 0.841. The Hall–Kier alpha value is -2.56. The summed E-state index contributed by atoms with van der Waals surface area (Å²) in [6.45, 7) is 4.57. The second-order valence-electron chi connectivity index (χ2n) is 4.56. The summed E-state index contributed by atoms with van der Waals surface area (Å²) in [5, 5.41) is 8.97. The van der Waals surface area contributed by atoms with Crippen molar-refractivity contribution in [2.24, 2.45) is 0 Å². The molecule has 0 spiro atoms. The van der Waals surface area contributed by atoms with Gasteiger partial charge in [0.2, 0.25) is 0 Å². The Labute approximate surface area is 117 Å². The fraction of sp³-hybridized carbons (Fsp3) is 0.200. The van der Waals surface area contributed by atoms with Gasteiger partial charge in [-0.05, 0) is 50.2 Å². The first kappa shape index (κ1) is 12.5. The minimum Gasteiger partial charge on any atom is -0.494 e. The maximum atomic E-state index is 5.89. The van der Waals surface area contributed by atoms with Gasteiger partial charge in [-0.3, -0.25) is 0 Å². The van der Waals surface area contributed by atoms with Crippen LogP contribution in [0, 0.1) is 6.92 Å². The molecule has 0 atom stereocenters. The predicted molar refractivity (Wildman–Crippen MR) is 79.2 cm³/mol. The van der Waals surface area contributed by atoms with Gasteiger partial charge in [-0.25, -0.2) is 0 Å². The van der Waals surface area contributed by atoms with E-state index in [9.17, 15) is 0 Å². The van der Waals surface area contributed by atoms with Gasteiger partial charge in [-0.1, -0.05) is 0 Å². The van der Waals surface area contributed by atoms with Crippen LogP contribution in [-0.4, -0.2) is 21.6 Å². The molecule has 0 aliphatic heterocycles. The van der Waals surface area contributed by atoms with Crippen molar-refractivity contribution < 1.29 is 4.74 Å². The molecule has 20 heavy (non-hydrogen) atoms. The van der Waals surface area contributed by atoms with E-state index in [0.29, 0.717) is 6.61 Å². The highest BCUT2D eigenvalue weighted by Crippen LogP contribution is 2.22. The summed E-state index contributed by atoms with van der Waals surface area (Å²) in [7, 11) is 0. The van der Waals surface area contributed by atoms with Crippen LogP contribution in [0.5, 0.6) is 5.75 Å². The summed E-state index contributed by atoms with van der Waals surface area (Å²) >= 11 is 0. The van der Waals surface area contributed by atoms with E-state index in [-0.39, 0.29) is 0 Å². The van der Waals surface area contributed by atoms with Crippen LogP contribution in [0.25, 0.3) is 16.7 Å². The average molecular weight is 268 g/mol. The van der Waals surface area contributed by atoms with Crippen molar-refractivity contribution in [2.75, 3.05) is 12.3 Å². The van der Waals surface area contributed by atoms with Crippen LogP contribution in [0.15, 0.2) is 36.4 Å². The molecule has 2 aromatic carbocycles. The molecule has 3 aromatic rings. The number of nitrogens with two attached hydrogens (primary N) is 1. The van der Waals surface area contributed by atoms with Gasteiger partial charge >= 0.3 is 0 Å². The highest BCUT2D eigenvalue weighted by molar-refractivity contribution is 5.82. The molecule has 5 nitrogen and oxygen atoms in total. The lowest BCUT2D eigenvalue weighted by Gasteiger charge is -2.03. The first-order valence-corrected chi connectivity index (χ1v) is 6.54. The van der Waals surface area contributed by atoms with E-state index in [1.165, 1.54) is 0 Å². The molecule has 0 fully saturated rings.